The number of hydrogen-bond donors (Lipinski definition) is 1. The monoisotopic (exact) mass is 567 g/mol. The lowest BCUT2D eigenvalue weighted by Gasteiger charge is -2.41. The van der Waals surface area contributed by atoms with Crippen molar-refractivity contribution in [3.63, 3.8) is 0 Å². The number of nitrogens with zero attached hydrogens (tertiary/aromatic N) is 5. The SMILES string of the molecule is CN1CN(/C(=N/C(=O)OC(C)(C)C)N(Cc2ccc(F)c(I)c2F)C(=O)O)CN(C)C1=O. The number of halogens is 3. The van der Waals surface area contributed by atoms with Crippen LogP contribution in [0, 0.1) is 15.2 Å². The molecule has 4 amide bonds. The molecular weight excluding hydrogens is 543 g/mol. The first-order valence-corrected chi connectivity index (χ1v) is 10.4. The molecule has 1 fully saturated rings. The van der Waals surface area contributed by atoms with Crippen molar-refractivity contribution in [1.82, 2.24) is 19.6 Å². The number of carbonyl (C=O) groups excluding carboxylic acids is 2. The van der Waals surface area contributed by atoms with Crippen molar-refractivity contribution in [2.75, 3.05) is 27.4 Å². The predicted octanol–water partition coefficient (Wildman–Crippen LogP) is 3.55. The largest absolute Gasteiger partial charge is 0.465 e. The zero-order chi connectivity index (χ0) is 24.4. The molecule has 0 aliphatic carbocycles. The van der Waals surface area contributed by atoms with Crippen LogP contribution >= 0.6 is 22.6 Å². The van der Waals surface area contributed by atoms with Crippen LogP contribution in [-0.4, -0.2) is 81.9 Å². The first-order chi connectivity index (χ1) is 14.7. The molecule has 32 heavy (non-hydrogen) atoms. The van der Waals surface area contributed by atoms with Crippen LogP contribution in [0.1, 0.15) is 26.3 Å². The van der Waals surface area contributed by atoms with E-state index in [4.69, 9.17) is 4.74 Å². The molecule has 0 atom stereocenters. The Hall–Kier alpha value is -2.71. The van der Waals surface area contributed by atoms with Gasteiger partial charge in [0.15, 0.2) is 0 Å². The van der Waals surface area contributed by atoms with Crippen molar-refractivity contribution in [2.45, 2.75) is 32.9 Å². The molecule has 1 aliphatic rings. The second-order valence-electron chi connectivity index (χ2n) is 8.10. The summed E-state index contributed by atoms with van der Waals surface area (Å²) >= 11 is 1.48. The van der Waals surface area contributed by atoms with Crippen LogP contribution in [0.5, 0.6) is 0 Å². The minimum Gasteiger partial charge on any atom is -0.465 e. The second kappa shape index (κ2) is 9.83. The number of hydrogen-bond acceptors (Lipinski definition) is 4. The summed E-state index contributed by atoms with van der Waals surface area (Å²) in [6.07, 6.45) is -2.59. The maximum Gasteiger partial charge on any atom is 0.437 e. The van der Waals surface area contributed by atoms with E-state index in [9.17, 15) is 28.3 Å². The van der Waals surface area contributed by atoms with Crippen LogP contribution in [-0.2, 0) is 11.3 Å². The van der Waals surface area contributed by atoms with Crippen molar-refractivity contribution in [3.05, 3.63) is 32.9 Å². The van der Waals surface area contributed by atoms with Crippen LogP contribution < -0.4 is 0 Å². The minimum absolute atomic E-state index is 0.0853. The molecule has 0 saturated carbocycles. The summed E-state index contributed by atoms with van der Waals surface area (Å²) in [6.45, 7) is 4.12. The van der Waals surface area contributed by atoms with E-state index in [1.54, 1.807) is 20.8 Å². The molecule has 0 bridgehead atoms. The molecule has 1 heterocycles. The Bertz CT molecular complexity index is 939. The van der Waals surface area contributed by atoms with E-state index in [1.807, 2.05) is 0 Å². The van der Waals surface area contributed by atoms with Gasteiger partial charge in [-0.3, -0.25) is 0 Å². The van der Waals surface area contributed by atoms with Crippen molar-refractivity contribution in [1.29, 1.82) is 0 Å². The molecule has 0 radical (unpaired) electrons. The van der Waals surface area contributed by atoms with Gasteiger partial charge in [-0.05, 0) is 49.4 Å². The minimum atomic E-state index is -1.53. The molecule has 2 rings (SSSR count). The summed E-state index contributed by atoms with van der Waals surface area (Å²) in [7, 11) is 2.98. The molecule has 176 valence electrons. The Balaban J connectivity index is 2.51. The third-order valence-electron chi connectivity index (χ3n) is 4.20. The molecule has 0 spiro atoms. The van der Waals surface area contributed by atoms with Gasteiger partial charge in [-0.15, -0.1) is 4.99 Å². The van der Waals surface area contributed by atoms with Gasteiger partial charge in [0, 0.05) is 19.7 Å². The first kappa shape index (κ1) is 25.5. The number of carbonyl (C=O) groups is 3. The van der Waals surface area contributed by atoms with Gasteiger partial charge in [-0.2, -0.15) is 0 Å². The molecule has 13 heteroatoms. The van der Waals surface area contributed by atoms with Crippen molar-refractivity contribution in [2.24, 2.45) is 4.99 Å². The molecule has 10 nitrogen and oxygen atoms in total. The summed E-state index contributed by atoms with van der Waals surface area (Å²) in [6, 6.07) is 1.82. The molecule has 0 unspecified atom stereocenters. The second-order valence-corrected chi connectivity index (χ2v) is 9.18. The fourth-order valence-corrected chi connectivity index (χ4v) is 3.37. The van der Waals surface area contributed by atoms with Crippen molar-refractivity contribution >= 4 is 46.8 Å². The fourth-order valence-electron chi connectivity index (χ4n) is 2.85. The predicted molar refractivity (Wildman–Crippen MR) is 119 cm³/mol. The highest BCUT2D eigenvalue weighted by Gasteiger charge is 2.34. The molecule has 1 aliphatic heterocycles. The van der Waals surface area contributed by atoms with Crippen molar-refractivity contribution in [3.8, 4) is 0 Å². The van der Waals surface area contributed by atoms with E-state index in [0.717, 1.165) is 12.1 Å². The Labute approximate surface area is 197 Å². The number of urea groups is 1. The molecule has 0 aromatic heterocycles. The molecular formula is C19H24F2IN5O5. The van der Waals surface area contributed by atoms with Gasteiger partial charge in [-0.1, -0.05) is 6.07 Å². The van der Waals surface area contributed by atoms with Gasteiger partial charge in [0.1, 0.15) is 17.2 Å². The third-order valence-corrected chi connectivity index (χ3v) is 5.19. The van der Waals surface area contributed by atoms with Crippen LogP contribution in [0.3, 0.4) is 0 Å². The van der Waals surface area contributed by atoms with Gasteiger partial charge >= 0.3 is 18.2 Å². The summed E-state index contributed by atoms with van der Waals surface area (Å²) in [4.78, 5) is 45.0. The number of ether oxygens (including phenoxy) is 1. The number of benzene rings is 1. The van der Waals surface area contributed by atoms with E-state index < -0.39 is 36.0 Å². The maximum absolute atomic E-state index is 14.6. The van der Waals surface area contributed by atoms with Gasteiger partial charge in [0.05, 0.1) is 23.5 Å². The van der Waals surface area contributed by atoms with Crippen molar-refractivity contribution < 1.29 is 33.0 Å². The summed E-state index contributed by atoms with van der Waals surface area (Å²) < 4.78 is 33.1. The topological polar surface area (TPSA) is 106 Å². The summed E-state index contributed by atoms with van der Waals surface area (Å²) in [5, 5.41) is 9.85. The summed E-state index contributed by atoms with van der Waals surface area (Å²) in [5.41, 5.74) is -1.02. The number of carboxylic acid groups (broad SMARTS) is 1. The van der Waals surface area contributed by atoms with E-state index in [1.165, 1.54) is 51.4 Å². The molecule has 1 N–H and O–H groups in total. The zero-order valence-electron chi connectivity index (χ0n) is 18.2. The average molecular weight is 567 g/mol. The van der Waals surface area contributed by atoms with Crippen LogP contribution in [0.2, 0.25) is 0 Å². The van der Waals surface area contributed by atoms with Gasteiger partial charge in [-0.25, -0.2) is 28.1 Å². The van der Waals surface area contributed by atoms with E-state index in [-0.39, 0.29) is 34.5 Å². The Morgan fingerprint density at radius 3 is 2.28 bits per heavy atom. The van der Waals surface area contributed by atoms with Gasteiger partial charge in [0.25, 0.3) is 0 Å². The molecule has 1 aromatic rings. The van der Waals surface area contributed by atoms with Crippen LogP contribution in [0.25, 0.3) is 0 Å². The lowest BCUT2D eigenvalue weighted by molar-refractivity contribution is 0.0586. The Morgan fingerprint density at radius 1 is 1.22 bits per heavy atom. The highest BCUT2D eigenvalue weighted by atomic mass is 127. The number of aliphatic imine (C=N–C) groups is 1. The lowest BCUT2D eigenvalue weighted by Crippen LogP contribution is -2.60. The third kappa shape index (κ3) is 6.17. The van der Waals surface area contributed by atoms with E-state index in [0.29, 0.717) is 4.90 Å². The highest BCUT2D eigenvalue weighted by molar-refractivity contribution is 14.1. The Kier molecular flexibility index (Phi) is 7.85. The fraction of sp³-hybridized carbons (Fsp3) is 0.474. The number of amides is 4. The van der Waals surface area contributed by atoms with E-state index >= 15 is 0 Å². The summed E-state index contributed by atoms with van der Waals surface area (Å²) in [5.74, 6) is -2.07. The standard InChI is InChI=1S/C19H24F2IN5O5/c1-19(2,3)32-16(28)23-15(26-9-24(4)17(29)25(5)10-26)27(18(30)31)8-11-6-7-12(20)14(22)13(11)21/h6-7H,8-10H2,1-5H3,(H,30,31)/b23-15-. The maximum atomic E-state index is 14.6. The van der Waals surface area contributed by atoms with E-state index in [2.05, 4.69) is 4.99 Å². The number of rotatable bonds is 2. The van der Waals surface area contributed by atoms with Crippen LogP contribution in [0.15, 0.2) is 17.1 Å². The van der Waals surface area contributed by atoms with Crippen LogP contribution in [0.4, 0.5) is 23.2 Å². The van der Waals surface area contributed by atoms with Gasteiger partial charge < -0.3 is 24.5 Å². The van der Waals surface area contributed by atoms with Gasteiger partial charge in [0.2, 0.25) is 5.96 Å². The first-order valence-electron chi connectivity index (χ1n) is 9.37. The average Bonchev–Trinajstić information content (AvgIpc) is 2.66. The lowest BCUT2D eigenvalue weighted by atomic mass is 10.2. The molecule has 1 saturated heterocycles. The quantitative estimate of drug-likeness (QED) is 0.254. The Morgan fingerprint density at radius 2 is 1.78 bits per heavy atom. The molecule has 1 aromatic carbocycles. The highest BCUT2D eigenvalue weighted by Crippen LogP contribution is 2.22. The zero-order valence-corrected chi connectivity index (χ0v) is 20.4. The number of guanidine groups is 1. The normalized spacial score (nSPS) is 15.2. The smallest absolute Gasteiger partial charge is 0.437 e.